The van der Waals surface area contributed by atoms with Gasteiger partial charge in [0.2, 0.25) is 0 Å². The van der Waals surface area contributed by atoms with Crippen molar-refractivity contribution in [3.8, 4) is 28.5 Å². The van der Waals surface area contributed by atoms with Crippen molar-refractivity contribution in [3.05, 3.63) is 66.2 Å². The van der Waals surface area contributed by atoms with Crippen molar-refractivity contribution in [2.75, 3.05) is 0 Å². The fourth-order valence-electron chi connectivity index (χ4n) is 3.31. The number of aromatic hydroxyl groups is 1. The Morgan fingerprint density at radius 1 is 0.821 bits per heavy atom. The van der Waals surface area contributed by atoms with Gasteiger partial charge in [0.1, 0.15) is 23.2 Å². The number of aromatic nitrogens is 4. The monoisotopic (exact) mass is 368 g/mol. The first-order valence-corrected chi connectivity index (χ1v) is 8.72. The molecule has 6 N–H and O–H groups in total. The number of para-hydroxylation sites is 3. The van der Waals surface area contributed by atoms with E-state index in [1.807, 2.05) is 42.5 Å². The van der Waals surface area contributed by atoms with Gasteiger partial charge in [0.05, 0.1) is 33.2 Å². The van der Waals surface area contributed by atoms with Crippen molar-refractivity contribution >= 4 is 27.9 Å². The van der Waals surface area contributed by atoms with Crippen molar-refractivity contribution in [1.29, 1.82) is 5.41 Å². The molecule has 2 aromatic heterocycles. The van der Waals surface area contributed by atoms with Crippen molar-refractivity contribution in [2.24, 2.45) is 5.73 Å². The van der Waals surface area contributed by atoms with Gasteiger partial charge in [-0.15, -0.1) is 0 Å². The second-order valence-electron chi connectivity index (χ2n) is 6.54. The third-order valence-corrected chi connectivity index (χ3v) is 4.73. The van der Waals surface area contributed by atoms with Gasteiger partial charge in [-0.3, -0.25) is 5.41 Å². The summed E-state index contributed by atoms with van der Waals surface area (Å²) in [5, 5.41) is 18.5. The van der Waals surface area contributed by atoms with Gasteiger partial charge in [0.15, 0.2) is 0 Å². The summed E-state index contributed by atoms with van der Waals surface area (Å²) in [6.07, 6.45) is 0. The first-order valence-electron chi connectivity index (χ1n) is 8.72. The molecule has 0 aliphatic heterocycles. The maximum absolute atomic E-state index is 10.9. The number of amidine groups is 1. The van der Waals surface area contributed by atoms with Crippen LogP contribution in [0.1, 0.15) is 5.56 Å². The minimum absolute atomic E-state index is 0.0128. The molecule has 0 atom stereocenters. The van der Waals surface area contributed by atoms with E-state index in [0.29, 0.717) is 33.9 Å². The minimum Gasteiger partial charge on any atom is -0.506 e. The average Bonchev–Trinajstić information content (AvgIpc) is 3.31. The molecule has 136 valence electrons. The van der Waals surface area contributed by atoms with E-state index in [0.717, 1.165) is 16.6 Å². The zero-order valence-electron chi connectivity index (χ0n) is 14.7. The molecule has 3 aromatic carbocycles. The normalized spacial score (nSPS) is 11.3. The number of aromatic amines is 2. The highest BCUT2D eigenvalue weighted by Crippen LogP contribution is 2.37. The number of benzene rings is 3. The summed E-state index contributed by atoms with van der Waals surface area (Å²) in [6, 6.07) is 18.5. The van der Waals surface area contributed by atoms with Gasteiger partial charge in [0.25, 0.3) is 0 Å². The Morgan fingerprint density at radius 3 is 2.14 bits per heavy atom. The Bertz CT molecular complexity index is 1330. The van der Waals surface area contributed by atoms with Crippen LogP contribution in [0.5, 0.6) is 5.75 Å². The molecule has 0 bridgehead atoms. The second-order valence-corrected chi connectivity index (χ2v) is 6.54. The van der Waals surface area contributed by atoms with Crippen molar-refractivity contribution in [1.82, 2.24) is 19.9 Å². The lowest BCUT2D eigenvalue weighted by molar-refractivity contribution is 0.478. The quantitative estimate of drug-likeness (QED) is 0.245. The molecular weight excluding hydrogens is 352 g/mol. The van der Waals surface area contributed by atoms with Crippen LogP contribution in [-0.2, 0) is 0 Å². The lowest BCUT2D eigenvalue weighted by Gasteiger charge is -2.06. The van der Waals surface area contributed by atoms with E-state index >= 15 is 0 Å². The first-order chi connectivity index (χ1) is 13.6. The number of nitrogen functional groups attached to an aromatic ring is 1. The number of fused-ring (bicyclic) bond motifs is 2. The molecule has 0 spiro atoms. The van der Waals surface area contributed by atoms with Gasteiger partial charge >= 0.3 is 0 Å². The Labute approximate surface area is 159 Å². The Morgan fingerprint density at radius 2 is 1.46 bits per heavy atom. The number of phenolic OH excluding ortho intramolecular Hbond substituents is 1. The number of nitrogens with zero attached hydrogens (tertiary/aromatic N) is 2. The standard InChI is InChI=1S/C21H16N6O/c22-19(23)11-8-9-16-17(10-11)27-21(26-16)13-5-3-4-12(18(13)28)20-24-14-6-1-2-7-15(14)25-20/h1-10,28H,(H3,22,23)(H,24,25)(H,26,27). The SMILES string of the molecule is N=C(N)c1ccc2[nH]c(-c3cccc(-c4nc5ccccc5[nH]4)c3O)nc2c1. The van der Waals surface area contributed by atoms with E-state index in [1.54, 1.807) is 18.2 Å². The van der Waals surface area contributed by atoms with Crippen LogP contribution in [0.25, 0.3) is 44.8 Å². The molecule has 2 heterocycles. The van der Waals surface area contributed by atoms with E-state index < -0.39 is 0 Å². The summed E-state index contributed by atoms with van der Waals surface area (Å²) in [7, 11) is 0. The topological polar surface area (TPSA) is 127 Å². The predicted molar refractivity (Wildman–Crippen MR) is 109 cm³/mol. The summed E-state index contributed by atoms with van der Waals surface area (Å²) in [5.41, 5.74) is 10.5. The van der Waals surface area contributed by atoms with Gasteiger partial charge in [-0.1, -0.05) is 18.2 Å². The molecule has 0 saturated carbocycles. The maximum Gasteiger partial charge on any atom is 0.142 e. The lowest BCUT2D eigenvalue weighted by atomic mass is 10.1. The first kappa shape index (κ1) is 16.1. The molecule has 0 aliphatic rings. The molecule has 28 heavy (non-hydrogen) atoms. The van der Waals surface area contributed by atoms with Gasteiger partial charge in [-0.25, -0.2) is 9.97 Å². The number of rotatable bonds is 3. The molecule has 5 aromatic rings. The van der Waals surface area contributed by atoms with E-state index in [-0.39, 0.29) is 11.6 Å². The van der Waals surface area contributed by atoms with E-state index in [2.05, 4.69) is 19.9 Å². The predicted octanol–water partition coefficient (Wildman–Crippen LogP) is 3.76. The number of hydrogen-bond donors (Lipinski definition) is 5. The number of phenols is 1. The number of nitrogens with one attached hydrogen (secondary N) is 3. The van der Waals surface area contributed by atoms with Gasteiger partial charge < -0.3 is 20.8 Å². The van der Waals surface area contributed by atoms with Crippen molar-refractivity contribution < 1.29 is 5.11 Å². The van der Waals surface area contributed by atoms with Crippen LogP contribution in [0.15, 0.2) is 60.7 Å². The number of H-pyrrole nitrogens is 2. The molecule has 0 amide bonds. The smallest absolute Gasteiger partial charge is 0.142 e. The third kappa shape index (κ3) is 2.49. The third-order valence-electron chi connectivity index (χ3n) is 4.73. The van der Waals surface area contributed by atoms with E-state index in [1.165, 1.54) is 0 Å². The summed E-state index contributed by atoms with van der Waals surface area (Å²) in [6.45, 7) is 0. The zero-order chi connectivity index (χ0) is 19.3. The number of imidazole rings is 2. The van der Waals surface area contributed by atoms with Crippen LogP contribution in [-0.4, -0.2) is 30.9 Å². The molecule has 0 fully saturated rings. The molecule has 0 saturated heterocycles. The average molecular weight is 368 g/mol. The van der Waals surface area contributed by atoms with Crippen LogP contribution < -0.4 is 5.73 Å². The summed E-state index contributed by atoms with van der Waals surface area (Å²) in [4.78, 5) is 15.6. The fourth-order valence-corrected chi connectivity index (χ4v) is 3.31. The molecule has 5 rings (SSSR count). The van der Waals surface area contributed by atoms with E-state index in [9.17, 15) is 5.11 Å². The Hall–Kier alpha value is -4.13. The Balaban J connectivity index is 1.64. The van der Waals surface area contributed by atoms with E-state index in [4.69, 9.17) is 11.1 Å². The molecular formula is C21H16N6O. The lowest BCUT2D eigenvalue weighted by Crippen LogP contribution is -2.10. The van der Waals surface area contributed by atoms with Crippen LogP contribution in [0.2, 0.25) is 0 Å². The van der Waals surface area contributed by atoms with Gasteiger partial charge in [-0.05, 0) is 42.5 Å². The highest BCUT2D eigenvalue weighted by Gasteiger charge is 2.16. The maximum atomic E-state index is 10.9. The van der Waals surface area contributed by atoms with Crippen molar-refractivity contribution in [3.63, 3.8) is 0 Å². The largest absolute Gasteiger partial charge is 0.506 e. The molecule has 7 nitrogen and oxygen atoms in total. The van der Waals surface area contributed by atoms with Crippen LogP contribution in [0.3, 0.4) is 0 Å². The second kappa shape index (κ2) is 5.95. The van der Waals surface area contributed by atoms with Crippen molar-refractivity contribution in [2.45, 2.75) is 0 Å². The summed E-state index contributed by atoms with van der Waals surface area (Å²) >= 11 is 0. The fraction of sp³-hybridized carbons (Fsp3) is 0. The van der Waals surface area contributed by atoms with Gasteiger partial charge in [-0.2, -0.15) is 0 Å². The molecule has 0 unspecified atom stereocenters. The highest BCUT2D eigenvalue weighted by atomic mass is 16.3. The van der Waals surface area contributed by atoms with Crippen LogP contribution in [0, 0.1) is 5.41 Å². The van der Waals surface area contributed by atoms with Crippen LogP contribution >= 0.6 is 0 Å². The molecule has 0 aliphatic carbocycles. The van der Waals surface area contributed by atoms with Crippen LogP contribution in [0.4, 0.5) is 0 Å². The Kier molecular flexibility index (Phi) is 3.42. The molecule has 7 heteroatoms. The molecule has 0 radical (unpaired) electrons. The zero-order valence-corrected chi connectivity index (χ0v) is 14.7. The highest BCUT2D eigenvalue weighted by molar-refractivity contribution is 5.98. The summed E-state index contributed by atoms with van der Waals surface area (Å²) in [5.74, 6) is 1.20. The van der Waals surface area contributed by atoms with Gasteiger partial charge in [0, 0.05) is 5.56 Å². The number of nitrogens with two attached hydrogens (primary N) is 1. The summed E-state index contributed by atoms with van der Waals surface area (Å²) < 4.78 is 0. The minimum atomic E-state index is -0.0128. The number of hydrogen-bond acceptors (Lipinski definition) is 4.